The second-order valence-electron chi connectivity index (χ2n) is 5.21. The van der Waals surface area contributed by atoms with Crippen LogP contribution in [0.2, 0.25) is 0 Å². The molecule has 1 rings (SSSR count). The molecule has 1 N–H and O–H groups in total. The molecule has 0 spiro atoms. The number of rotatable bonds is 7. The van der Waals surface area contributed by atoms with Gasteiger partial charge in [0.25, 0.3) is 0 Å². The van der Waals surface area contributed by atoms with Gasteiger partial charge in [-0.3, -0.25) is 0 Å². The van der Waals surface area contributed by atoms with Gasteiger partial charge in [0.2, 0.25) is 0 Å². The molecule has 0 aliphatic carbocycles. The van der Waals surface area contributed by atoms with E-state index in [1.54, 1.807) is 11.8 Å². The SMILES string of the molecule is C=C(/C=c1/cc(NC)nc/c1=C/C)/C(=C/CC)S/C(C)=C/CC. The first-order valence-electron chi connectivity index (χ1n) is 8.11. The predicted molar refractivity (Wildman–Crippen MR) is 107 cm³/mol. The molecule has 2 nitrogen and oxygen atoms in total. The number of pyridine rings is 1. The van der Waals surface area contributed by atoms with E-state index in [4.69, 9.17) is 0 Å². The first-order chi connectivity index (χ1) is 11.0. The lowest BCUT2D eigenvalue weighted by atomic mass is 10.2. The van der Waals surface area contributed by atoms with Crippen molar-refractivity contribution >= 4 is 29.7 Å². The van der Waals surface area contributed by atoms with E-state index >= 15 is 0 Å². The van der Waals surface area contributed by atoms with Gasteiger partial charge in [0.1, 0.15) is 5.82 Å². The molecule has 0 radical (unpaired) electrons. The Labute approximate surface area is 144 Å². The minimum Gasteiger partial charge on any atom is -0.373 e. The Kier molecular flexibility index (Phi) is 8.49. The van der Waals surface area contributed by atoms with Crippen LogP contribution in [-0.4, -0.2) is 12.0 Å². The molecule has 0 saturated carbocycles. The van der Waals surface area contributed by atoms with Crippen LogP contribution in [0.15, 0.2) is 46.4 Å². The third kappa shape index (κ3) is 6.11. The maximum Gasteiger partial charge on any atom is 0.126 e. The van der Waals surface area contributed by atoms with E-state index in [2.05, 4.69) is 68.0 Å². The van der Waals surface area contributed by atoms with Crippen LogP contribution in [0.3, 0.4) is 0 Å². The molecule has 124 valence electrons. The van der Waals surface area contributed by atoms with Gasteiger partial charge in [-0.15, -0.1) is 0 Å². The number of hydrogen-bond donors (Lipinski definition) is 1. The van der Waals surface area contributed by atoms with Crippen LogP contribution >= 0.6 is 11.8 Å². The summed E-state index contributed by atoms with van der Waals surface area (Å²) in [4.78, 5) is 6.91. The van der Waals surface area contributed by atoms with Crippen LogP contribution in [0, 0.1) is 0 Å². The van der Waals surface area contributed by atoms with Crippen molar-refractivity contribution in [2.45, 2.75) is 40.5 Å². The quantitative estimate of drug-likeness (QED) is 0.740. The lowest BCUT2D eigenvalue weighted by Crippen LogP contribution is -2.25. The summed E-state index contributed by atoms with van der Waals surface area (Å²) in [5.74, 6) is 0.866. The largest absolute Gasteiger partial charge is 0.373 e. The minimum absolute atomic E-state index is 0.866. The number of thioether (sulfide) groups is 1. The number of aromatic nitrogens is 1. The average molecular weight is 329 g/mol. The molecule has 0 unspecified atom stereocenters. The van der Waals surface area contributed by atoms with Crippen molar-refractivity contribution in [3.8, 4) is 0 Å². The number of nitrogens with zero attached hydrogens (tertiary/aromatic N) is 1. The van der Waals surface area contributed by atoms with Crippen molar-refractivity contribution in [2.24, 2.45) is 0 Å². The second kappa shape index (κ2) is 10.1. The third-order valence-electron chi connectivity index (χ3n) is 3.33. The molecule has 0 aliphatic heterocycles. The Morgan fingerprint density at radius 3 is 2.52 bits per heavy atom. The smallest absolute Gasteiger partial charge is 0.126 e. The summed E-state index contributed by atoms with van der Waals surface area (Å²) in [5, 5.41) is 5.34. The molecule has 0 fully saturated rings. The Morgan fingerprint density at radius 2 is 1.96 bits per heavy atom. The van der Waals surface area contributed by atoms with Crippen molar-refractivity contribution < 1.29 is 0 Å². The summed E-state index contributed by atoms with van der Waals surface area (Å²) >= 11 is 1.79. The van der Waals surface area contributed by atoms with Crippen molar-refractivity contribution in [3.05, 3.63) is 56.8 Å². The van der Waals surface area contributed by atoms with E-state index in [-0.39, 0.29) is 0 Å². The minimum atomic E-state index is 0.866. The van der Waals surface area contributed by atoms with Crippen molar-refractivity contribution in [1.29, 1.82) is 0 Å². The highest BCUT2D eigenvalue weighted by atomic mass is 32.2. The zero-order valence-electron chi connectivity index (χ0n) is 14.9. The van der Waals surface area contributed by atoms with E-state index in [0.29, 0.717) is 0 Å². The molecular weight excluding hydrogens is 300 g/mol. The molecule has 0 aromatic carbocycles. The molecule has 0 atom stereocenters. The first-order valence-corrected chi connectivity index (χ1v) is 8.93. The highest BCUT2D eigenvalue weighted by molar-refractivity contribution is 8.06. The highest BCUT2D eigenvalue weighted by Crippen LogP contribution is 2.31. The van der Waals surface area contributed by atoms with Crippen molar-refractivity contribution in [1.82, 2.24) is 4.98 Å². The third-order valence-corrected chi connectivity index (χ3v) is 4.47. The number of nitrogens with one attached hydrogen (secondary N) is 1. The lowest BCUT2D eigenvalue weighted by Gasteiger charge is -2.08. The zero-order valence-corrected chi connectivity index (χ0v) is 15.8. The van der Waals surface area contributed by atoms with Gasteiger partial charge in [-0.1, -0.05) is 50.4 Å². The lowest BCUT2D eigenvalue weighted by molar-refractivity contribution is 1.21. The fourth-order valence-corrected chi connectivity index (χ4v) is 3.21. The van der Waals surface area contributed by atoms with Crippen LogP contribution in [0.25, 0.3) is 12.2 Å². The van der Waals surface area contributed by atoms with Gasteiger partial charge in [0.15, 0.2) is 0 Å². The number of allylic oxidation sites excluding steroid dienone is 4. The zero-order chi connectivity index (χ0) is 17.2. The monoisotopic (exact) mass is 328 g/mol. The van der Waals surface area contributed by atoms with Crippen molar-refractivity contribution in [3.63, 3.8) is 0 Å². The fraction of sp³-hybridized carbons (Fsp3) is 0.350. The summed E-state index contributed by atoms with van der Waals surface area (Å²) in [6, 6.07) is 2.06. The summed E-state index contributed by atoms with van der Waals surface area (Å²) < 4.78 is 0. The van der Waals surface area contributed by atoms with E-state index in [1.165, 1.54) is 9.81 Å². The summed E-state index contributed by atoms with van der Waals surface area (Å²) in [6.07, 6.45) is 12.7. The topological polar surface area (TPSA) is 24.9 Å². The molecule has 0 bridgehead atoms. The second-order valence-corrected chi connectivity index (χ2v) is 6.50. The average Bonchev–Trinajstić information content (AvgIpc) is 2.54. The van der Waals surface area contributed by atoms with Crippen molar-refractivity contribution in [2.75, 3.05) is 12.4 Å². The Balaban J connectivity index is 3.26. The van der Waals surface area contributed by atoms with Crippen LogP contribution in [0.4, 0.5) is 5.82 Å². The predicted octanol–water partition coefficient (Wildman–Crippen LogP) is 4.60. The van der Waals surface area contributed by atoms with E-state index in [9.17, 15) is 0 Å². The van der Waals surface area contributed by atoms with Crippen LogP contribution in [0.1, 0.15) is 40.5 Å². The van der Waals surface area contributed by atoms with Gasteiger partial charge in [-0.2, -0.15) is 0 Å². The molecule has 0 amide bonds. The Hall–Kier alpha value is -1.74. The highest BCUT2D eigenvalue weighted by Gasteiger charge is 2.03. The fourth-order valence-electron chi connectivity index (χ4n) is 2.17. The molecule has 23 heavy (non-hydrogen) atoms. The Morgan fingerprint density at radius 1 is 1.26 bits per heavy atom. The Bertz CT molecular complexity index is 712. The molecular formula is C20H28N2S. The van der Waals surface area contributed by atoms with Crippen LogP contribution in [-0.2, 0) is 0 Å². The molecule has 1 heterocycles. The van der Waals surface area contributed by atoms with E-state index < -0.39 is 0 Å². The van der Waals surface area contributed by atoms with Gasteiger partial charge >= 0.3 is 0 Å². The maximum absolute atomic E-state index is 4.37. The van der Waals surface area contributed by atoms with Gasteiger partial charge in [0, 0.05) is 18.1 Å². The maximum atomic E-state index is 4.37. The molecule has 1 aromatic rings. The molecule has 0 saturated heterocycles. The summed E-state index contributed by atoms with van der Waals surface area (Å²) in [5.41, 5.74) is 1.04. The van der Waals surface area contributed by atoms with Gasteiger partial charge in [-0.05, 0) is 59.7 Å². The van der Waals surface area contributed by atoms with E-state index in [0.717, 1.165) is 34.7 Å². The van der Waals surface area contributed by atoms with Gasteiger partial charge in [-0.25, -0.2) is 4.98 Å². The molecule has 3 heteroatoms. The first kappa shape index (κ1) is 19.3. The van der Waals surface area contributed by atoms with E-state index in [1.807, 2.05) is 20.2 Å². The number of hydrogen-bond acceptors (Lipinski definition) is 3. The summed E-state index contributed by atoms with van der Waals surface area (Å²) in [7, 11) is 1.88. The van der Waals surface area contributed by atoms with Crippen LogP contribution in [0.5, 0.6) is 0 Å². The molecule has 1 aromatic heterocycles. The van der Waals surface area contributed by atoms with Gasteiger partial charge in [0.05, 0.1) is 0 Å². The molecule has 0 aliphatic rings. The standard InChI is InChI=1S/C20H28N2S/c1-7-10-16(5)23-19(11-8-2)15(4)12-18-13-20(21-6)22-14-17(18)9-3/h9-14,21H,4,7-8H2,1-3,5-6H3/b16-10+,17-9-,18-12-,19-11-. The van der Waals surface area contributed by atoms with Gasteiger partial charge < -0.3 is 5.32 Å². The van der Waals surface area contributed by atoms with Crippen LogP contribution < -0.4 is 15.8 Å². The number of anilines is 1. The summed E-state index contributed by atoms with van der Waals surface area (Å²) in [6.45, 7) is 12.8. The normalized spacial score (nSPS) is 14.3.